The van der Waals surface area contributed by atoms with Crippen LogP contribution < -0.4 is 0 Å². The van der Waals surface area contributed by atoms with Crippen molar-refractivity contribution >= 4 is 35.1 Å². The van der Waals surface area contributed by atoms with Crippen LogP contribution in [0.4, 0.5) is 0 Å². The molecule has 0 spiro atoms. The van der Waals surface area contributed by atoms with Crippen molar-refractivity contribution in [3.05, 3.63) is 84.1 Å². The van der Waals surface area contributed by atoms with Crippen molar-refractivity contribution in [2.45, 2.75) is 23.7 Å². The highest BCUT2D eigenvalue weighted by Gasteiger charge is 2.77. The normalized spacial score (nSPS) is 26.5. The molecule has 29 heavy (non-hydrogen) atoms. The van der Waals surface area contributed by atoms with Gasteiger partial charge < -0.3 is 9.64 Å². The van der Waals surface area contributed by atoms with Crippen LogP contribution in [0.3, 0.4) is 0 Å². The zero-order chi connectivity index (χ0) is 20.6. The van der Waals surface area contributed by atoms with Crippen molar-refractivity contribution in [2.24, 2.45) is 11.3 Å². The molecule has 1 aliphatic heterocycles. The van der Waals surface area contributed by atoms with Crippen LogP contribution in [0.1, 0.15) is 22.8 Å². The molecule has 0 N–H and O–H groups in total. The van der Waals surface area contributed by atoms with Crippen molar-refractivity contribution in [3.63, 3.8) is 0 Å². The number of alkyl halides is 2. The van der Waals surface area contributed by atoms with Gasteiger partial charge in [-0.25, -0.2) is 0 Å². The van der Waals surface area contributed by atoms with E-state index in [2.05, 4.69) is 0 Å². The van der Waals surface area contributed by atoms with Crippen LogP contribution in [0.2, 0.25) is 0 Å². The Hall–Kier alpha value is -2.30. The molecule has 6 heteroatoms. The summed E-state index contributed by atoms with van der Waals surface area (Å²) in [5.74, 6) is -1.03. The second kappa shape index (κ2) is 7.51. The van der Waals surface area contributed by atoms with Crippen molar-refractivity contribution in [3.8, 4) is 0 Å². The molecule has 1 heterocycles. The number of rotatable bonds is 5. The van der Waals surface area contributed by atoms with Gasteiger partial charge in [0.15, 0.2) is 0 Å². The third kappa shape index (κ3) is 3.34. The van der Waals surface area contributed by atoms with E-state index >= 15 is 0 Å². The van der Waals surface area contributed by atoms with Gasteiger partial charge in [-0.05, 0) is 31.0 Å². The zero-order valence-corrected chi connectivity index (χ0v) is 17.4. The molecule has 1 aliphatic carbocycles. The lowest BCUT2D eigenvalue weighted by molar-refractivity contribution is -0.154. The first-order valence-corrected chi connectivity index (χ1v) is 10.3. The van der Waals surface area contributed by atoms with Crippen LogP contribution in [-0.4, -0.2) is 33.8 Å². The van der Waals surface area contributed by atoms with E-state index in [1.165, 1.54) is 0 Å². The van der Waals surface area contributed by atoms with Gasteiger partial charge in [0.2, 0.25) is 0 Å². The van der Waals surface area contributed by atoms with Crippen molar-refractivity contribution < 1.29 is 14.3 Å². The molecule has 0 saturated heterocycles. The Labute approximate surface area is 180 Å². The number of benzene rings is 2. The molecule has 0 aromatic heterocycles. The summed E-state index contributed by atoms with van der Waals surface area (Å²) in [5, 5.41) is 0. The Morgan fingerprint density at radius 1 is 1.03 bits per heavy atom. The predicted molar refractivity (Wildman–Crippen MR) is 113 cm³/mol. The maximum Gasteiger partial charge on any atom is 0.316 e. The zero-order valence-electron chi connectivity index (χ0n) is 15.9. The van der Waals surface area contributed by atoms with Gasteiger partial charge >= 0.3 is 5.97 Å². The minimum atomic E-state index is -1.24. The molecule has 0 unspecified atom stereocenters. The average Bonchev–Trinajstić information content (AvgIpc) is 3.32. The van der Waals surface area contributed by atoms with Gasteiger partial charge in [-0.3, -0.25) is 9.59 Å². The minimum absolute atomic E-state index is 0.197. The molecule has 2 aromatic rings. The van der Waals surface area contributed by atoms with Crippen LogP contribution >= 0.6 is 23.2 Å². The van der Waals surface area contributed by atoms with Gasteiger partial charge in [-0.1, -0.05) is 77.8 Å². The van der Waals surface area contributed by atoms with Crippen LogP contribution in [0, 0.1) is 11.3 Å². The smallest absolute Gasteiger partial charge is 0.316 e. The number of carbonyl (C=O) groups excluding carboxylic acids is 2. The number of ether oxygens (including phenoxy) is 1. The SMILES string of the molecule is CCOC(=O)[C@]1(Cc2ccccc2)C=CN(C(=O)c2ccccc2)[C@@H]2[C@H]1C2(Cl)Cl. The molecule has 1 amide bonds. The van der Waals surface area contributed by atoms with E-state index in [1.54, 1.807) is 48.4 Å². The quantitative estimate of drug-likeness (QED) is 0.514. The van der Waals surface area contributed by atoms with Crippen molar-refractivity contribution in [1.82, 2.24) is 4.90 Å². The van der Waals surface area contributed by atoms with Crippen molar-refractivity contribution in [1.29, 1.82) is 0 Å². The lowest BCUT2D eigenvalue weighted by atomic mass is 9.75. The van der Waals surface area contributed by atoms with E-state index < -0.39 is 21.7 Å². The molecule has 2 aliphatic rings. The van der Waals surface area contributed by atoms with Gasteiger partial charge in [-0.2, -0.15) is 0 Å². The summed E-state index contributed by atoms with van der Waals surface area (Å²) in [7, 11) is 0. The molecule has 1 fully saturated rings. The average molecular weight is 430 g/mol. The minimum Gasteiger partial charge on any atom is -0.465 e. The van der Waals surface area contributed by atoms with Gasteiger partial charge in [0.05, 0.1) is 18.1 Å². The van der Waals surface area contributed by atoms with Gasteiger partial charge in [0, 0.05) is 17.7 Å². The highest BCUT2D eigenvalue weighted by Crippen LogP contribution is 2.67. The van der Waals surface area contributed by atoms with E-state index in [0.29, 0.717) is 12.0 Å². The fraction of sp³-hybridized carbons (Fsp3) is 0.304. The topological polar surface area (TPSA) is 46.6 Å². The van der Waals surface area contributed by atoms with E-state index in [-0.39, 0.29) is 18.5 Å². The maximum atomic E-state index is 13.1. The molecule has 3 atom stereocenters. The first kappa shape index (κ1) is 20.0. The largest absolute Gasteiger partial charge is 0.465 e. The van der Waals surface area contributed by atoms with Crippen molar-refractivity contribution in [2.75, 3.05) is 6.61 Å². The lowest BCUT2D eigenvalue weighted by Gasteiger charge is -2.34. The monoisotopic (exact) mass is 429 g/mol. The molecule has 0 radical (unpaired) electrons. The van der Waals surface area contributed by atoms with Crippen LogP contribution in [0.15, 0.2) is 72.9 Å². The summed E-state index contributed by atoms with van der Waals surface area (Å²) in [5.41, 5.74) is 0.486. The molecule has 150 valence electrons. The number of hydrogen-bond donors (Lipinski definition) is 0. The lowest BCUT2D eigenvalue weighted by Crippen LogP contribution is -2.43. The molecule has 2 aromatic carbocycles. The second-order valence-corrected chi connectivity index (χ2v) is 8.86. The summed E-state index contributed by atoms with van der Waals surface area (Å²) >= 11 is 13.3. The molecule has 4 nitrogen and oxygen atoms in total. The fourth-order valence-electron chi connectivity index (χ4n) is 4.25. The Bertz CT molecular complexity index is 945. The Balaban J connectivity index is 1.74. The summed E-state index contributed by atoms with van der Waals surface area (Å²) in [6.07, 6.45) is 3.79. The Kier molecular flexibility index (Phi) is 5.18. The number of fused-ring (bicyclic) bond motifs is 1. The number of nitrogens with zero attached hydrogens (tertiary/aromatic N) is 1. The number of hydrogen-bond acceptors (Lipinski definition) is 3. The Morgan fingerprint density at radius 2 is 1.66 bits per heavy atom. The van der Waals surface area contributed by atoms with Crippen LogP contribution in [-0.2, 0) is 16.0 Å². The summed E-state index contributed by atoms with van der Waals surface area (Å²) in [6.45, 7) is 2.02. The number of amides is 1. The van der Waals surface area contributed by atoms with E-state index in [0.717, 1.165) is 5.56 Å². The molecular formula is C23H21Cl2NO3. The first-order chi connectivity index (χ1) is 13.9. The van der Waals surface area contributed by atoms with Crippen LogP contribution in [0.5, 0.6) is 0 Å². The van der Waals surface area contributed by atoms with Gasteiger partial charge in [-0.15, -0.1) is 0 Å². The van der Waals surface area contributed by atoms with E-state index in [9.17, 15) is 9.59 Å². The summed E-state index contributed by atoms with van der Waals surface area (Å²) < 4.78 is 4.18. The molecule has 1 saturated carbocycles. The Morgan fingerprint density at radius 3 is 2.28 bits per heavy atom. The fourth-order valence-corrected chi connectivity index (χ4v) is 5.21. The standard InChI is InChI=1S/C23H21Cl2NO3/c1-2-29-21(28)22(15-16-9-5-3-6-10-16)13-14-26(19-18(22)23(19,24)25)20(27)17-11-7-4-8-12-17/h3-14,18-19H,2,15H2,1H3/t18-,19-,22+/m1/s1. The van der Waals surface area contributed by atoms with E-state index in [1.807, 2.05) is 36.4 Å². The van der Waals surface area contributed by atoms with Crippen LogP contribution in [0.25, 0.3) is 0 Å². The third-order valence-electron chi connectivity index (χ3n) is 5.65. The predicted octanol–water partition coefficient (Wildman–Crippen LogP) is 4.62. The highest BCUT2D eigenvalue weighted by atomic mass is 35.5. The second-order valence-electron chi connectivity index (χ2n) is 7.41. The highest BCUT2D eigenvalue weighted by molar-refractivity contribution is 6.52. The number of esters is 1. The summed E-state index contributed by atoms with van der Waals surface area (Å²) in [6, 6.07) is 18.1. The van der Waals surface area contributed by atoms with Gasteiger partial charge in [0.1, 0.15) is 4.33 Å². The molecule has 0 bridgehead atoms. The third-order valence-corrected chi connectivity index (χ3v) is 6.57. The maximum absolute atomic E-state index is 13.1. The summed E-state index contributed by atoms with van der Waals surface area (Å²) in [4.78, 5) is 27.7. The van der Waals surface area contributed by atoms with E-state index in [4.69, 9.17) is 27.9 Å². The first-order valence-electron chi connectivity index (χ1n) is 9.58. The number of carbonyl (C=O) groups is 2. The molecule has 4 rings (SSSR count). The molecular weight excluding hydrogens is 409 g/mol. The van der Waals surface area contributed by atoms with Gasteiger partial charge in [0.25, 0.3) is 5.91 Å². The number of halogens is 2.